The molecule has 10 heteroatoms. The van der Waals surface area contributed by atoms with Crippen LogP contribution in [0.25, 0.3) is 11.0 Å². The Morgan fingerprint density at radius 2 is 1.53 bits per heavy atom. The molecule has 1 amide bonds. The standard InChI is InChI=1S/C33H36F3N5O2/c1-43-26-12-10-24(11-13-26)22-41-30-9-5-3-7-28(30)37-31(41)23-38-16-14-25(15-17-38)32(42)40-20-18-39(19-21-40)29-8-4-2-6-27(29)33(34,35)36/h2-13,25H,14-23H2,1H3. The molecule has 226 valence electrons. The van der Waals surface area contributed by atoms with Crippen molar-refractivity contribution in [2.45, 2.75) is 32.1 Å². The van der Waals surface area contributed by atoms with Gasteiger partial charge < -0.3 is 19.1 Å². The number of carbonyl (C=O) groups is 1. The van der Waals surface area contributed by atoms with E-state index in [9.17, 15) is 18.0 Å². The summed E-state index contributed by atoms with van der Waals surface area (Å²) in [4.78, 5) is 24.3. The monoisotopic (exact) mass is 591 g/mol. The van der Waals surface area contributed by atoms with E-state index in [-0.39, 0.29) is 17.5 Å². The number of imidazole rings is 1. The third-order valence-electron chi connectivity index (χ3n) is 8.68. The molecule has 0 aliphatic carbocycles. The van der Waals surface area contributed by atoms with E-state index >= 15 is 0 Å². The Morgan fingerprint density at radius 3 is 2.23 bits per heavy atom. The Bertz CT molecular complexity index is 1550. The number of anilines is 1. The number of hydrogen-bond acceptors (Lipinski definition) is 5. The second-order valence-electron chi connectivity index (χ2n) is 11.3. The van der Waals surface area contributed by atoms with Crippen LogP contribution in [0.15, 0.2) is 72.8 Å². The number of benzene rings is 3. The highest BCUT2D eigenvalue weighted by atomic mass is 19.4. The van der Waals surface area contributed by atoms with Gasteiger partial charge in [0.05, 0.1) is 30.3 Å². The number of likely N-dealkylation sites (tertiary alicyclic amines) is 1. The van der Waals surface area contributed by atoms with Gasteiger partial charge in [0.15, 0.2) is 0 Å². The summed E-state index contributed by atoms with van der Waals surface area (Å²) in [6.45, 7) is 4.63. The van der Waals surface area contributed by atoms with Gasteiger partial charge in [0, 0.05) is 44.3 Å². The van der Waals surface area contributed by atoms with E-state index in [0.717, 1.165) is 60.2 Å². The lowest BCUT2D eigenvalue weighted by Crippen LogP contribution is -2.52. The van der Waals surface area contributed by atoms with Gasteiger partial charge in [-0.3, -0.25) is 9.69 Å². The Labute approximate surface area is 249 Å². The Hall–Kier alpha value is -4.05. The fraction of sp³-hybridized carbons (Fsp3) is 0.394. The van der Waals surface area contributed by atoms with Gasteiger partial charge in [-0.05, 0) is 67.9 Å². The number of rotatable bonds is 7. The first-order valence-corrected chi connectivity index (χ1v) is 14.8. The molecule has 2 fully saturated rings. The number of alkyl halides is 3. The quantitative estimate of drug-likeness (QED) is 0.277. The lowest BCUT2D eigenvalue weighted by atomic mass is 9.95. The van der Waals surface area contributed by atoms with E-state index in [2.05, 4.69) is 27.7 Å². The number of piperidine rings is 1. The summed E-state index contributed by atoms with van der Waals surface area (Å²) in [7, 11) is 1.66. The zero-order valence-corrected chi connectivity index (χ0v) is 24.3. The molecule has 2 aliphatic heterocycles. The second-order valence-corrected chi connectivity index (χ2v) is 11.3. The van der Waals surface area contributed by atoms with Crippen molar-refractivity contribution >= 4 is 22.6 Å². The van der Waals surface area contributed by atoms with Crippen LogP contribution in [-0.2, 0) is 24.1 Å². The number of fused-ring (bicyclic) bond motifs is 1. The SMILES string of the molecule is COc1ccc(Cn2c(CN3CCC(C(=O)N4CCN(c5ccccc5C(F)(F)F)CC4)CC3)nc3ccccc32)cc1. The van der Waals surface area contributed by atoms with E-state index in [0.29, 0.717) is 39.3 Å². The van der Waals surface area contributed by atoms with Crippen molar-refractivity contribution in [2.24, 2.45) is 5.92 Å². The van der Waals surface area contributed by atoms with Crippen LogP contribution < -0.4 is 9.64 Å². The van der Waals surface area contributed by atoms with Gasteiger partial charge in [-0.1, -0.05) is 36.4 Å². The molecule has 0 bridgehead atoms. The van der Waals surface area contributed by atoms with Gasteiger partial charge in [-0.25, -0.2) is 4.98 Å². The Kier molecular flexibility index (Phi) is 8.30. The third-order valence-corrected chi connectivity index (χ3v) is 8.68. The maximum absolute atomic E-state index is 13.5. The number of hydrogen-bond donors (Lipinski definition) is 0. The highest BCUT2D eigenvalue weighted by molar-refractivity contribution is 5.79. The van der Waals surface area contributed by atoms with Gasteiger partial charge in [0.25, 0.3) is 0 Å². The number of aromatic nitrogens is 2. The van der Waals surface area contributed by atoms with E-state index < -0.39 is 11.7 Å². The normalized spacial score (nSPS) is 17.0. The van der Waals surface area contributed by atoms with Crippen LogP contribution in [0.2, 0.25) is 0 Å². The van der Waals surface area contributed by atoms with Crippen LogP contribution in [0.3, 0.4) is 0 Å². The topological polar surface area (TPSA) is 53.8 Å². The van der Waals surface area contributed by atoms with Gasteiger partial charge in [-0.2, -0.15) is 13.2 Å². The number of nitrogens with zero attached hydrogens (tertiary/aromatic N) is 5. The van der Waals surface area contributed by atoms with Gasteiger partial charge in [-0.15, -0.1) is 0 Å². The third kappa shape index (κ3) is 6.34. The first kappa shape index (κ1) is 29.0. The predicted octanol–water partition coefficient (Wildman–Crippen LogP) is 5.67. The molecule has 7 nitrogen and oxygen atoms in total. The van der Waals surface area contributed by atoms with Crippen LogP contribution in [-0.4, -0.2) is 71.6 Å². The lowest BCUT2D eigenvalue weighted by molar-refractivity contribution is -0.138. The van der Waals surface area contributed by atoms with Crippen molar-refractivity contribution in [3.63, 3.8) is 0 Å². The van der Waals surface area contributed by atoms with E-state index in [1.807, 2.05) is 35.2 Å². The number of para-hydroxylation sites is 3. The maximum atomic E-state index is 13.5. The van der Waals surface area contributed by atoms with Crippen molar-refractivity contribution in [1.29, 1.82) is 0 Å². The molecule has 4 aromatic rings. The lowest BCUT2D eigenvalue weighted by Gasteiger charge is -2.40. The average Bonchev–Trinajstić information content (AvgIpc) is 3.37. The highest BCUT2D eigenvalue weighted by Gasteiger charge is 2.36. The van der Waals surface area contributed by atoms with Crippen molar-refractivity contribution in [1.82, 2.24) is 19.4 Å². The molecule has 2 aliphatic rings. The summed E-state index contributed by atoms with van der Waals surface area (Å²) in [6, 6.07) is 21.9. The van der Waals surface area contributed by atoms with Crippen molar-refractivity contribution in [3.05, 3.63) is 89.7 Å². The van der Waals surface area contributed by atoms with Crippen LogP contribution in [0.1, 0.15) is 29.8 Å². The number of amides is 1. The molecular weight excluding hydrogens is 555 g/mol. The minimum Gasteiger partial charge on any atom is -0.497 e. The summed E-state index contributed by atoms with van der Waals surface area (Å²) in [6.07, 6.45) is -2.89. The first-order chi connectivity index (χ1) is 20.8. The molecule has 0 saturated carbocycles. The summed E-state index contributed by atoms with van der Waals surface area (Å²) in [5, 5.41) is 0. The molecule has 0 radical (unpaired) electrons. The van der Waals surface area contributed by atoms with Crippen molar-refractivity contribution in [2.75, 3.05) is 51.3 Å². The van der Waals surface area contributed by atoms with Gasteiger partial charge >= 0.3 is 6.18 Å². The van der Waals surface area contributed by atoms with Crippen LogP contribution in [0, 0.1) is 5.92 Å². The minimum atomic E-state index is -4.41. The zero-order chi connectivity index (χ0) is 30.0. The summed E-state index contributed by atoms with van der Waals surface area (Å²) >= 11 is 0. The fourth-order valence-corrected chi connectivity index (χ4v) is 6.29. The molecular formula is C33H36F3N5O2. The first-order valence-electron chi connectivity index (χ1n) is 14.8. The molecule has 3 aromatic carbocycles. The Balaban J connectivity index is 1.06. The molecule has 0 N–H and O–H groups in total. The Morgan fingerprint density at radius 1 is 0.860 bits per heavy atom. The number of ether oxygens (including phenoxy) is 1. The van der Waals surface area contributed by atoms with E-state index in [4.69, 9.17) is 9.72 Å². The van der Waals surface area contributed by atoms with Crippen molar-refractivity contribution in [3.8, 4) is 5.75 Å². The smallest absolute Gasteiger partial charge is 0.418 e. The van der Waals surface area contributed by atoms with Crippen LogP contribution in [0.5, 0.6) is 5.75 Å². The molecule has 43 heavy (non-hydrogen) atoms. The molecule has 6 rings (SSSR count). The molecule has 0 unspecified atom stereocenters. The summed E-state index contributed by atoms with van der Waals surface area (Å²) in [5.74, 6) is 1.88. The minimum absolute atomic E-state index is 0.0663. The average molecular weight is 592 g/mol. The predicted molar refractivity (Wildman–Crippen MR) is 160 cm³/mol. The number of carbonyl (C=O) groups excluding carboxylic acids is 1. The van der Waals surface area contributed by atoms with Crippen LogP contribution >= 0.6 is 0 Å². The van der Waals surface area contributed by atoms with Gasteiger partial charge in [0.1, 0.15) is 11.6 Å². The molecule has 2 saturated heterocycles. The zero-order valence-electron chi connectivity index (χ0n) is 24.3. The number of piperazine rings is 1. The summed E-state index contributed by atoms with van der Waals surface area (Å²) in [5.41, 5.74) is 2.79. The van der Waals surface area contributed by atoms with Gasteiger partial charge in [0.2, 0.25) is 5.91 Å². The number of halogens is 3. The molecule has 0 atom stereocenters. The van der Waals surface area contributed by atoms with E-state index in [1.165, 1.54) is 12.1 Å². The second kappa shape index (κ2) is 12.3. The summed E-state index contributed by atoms with van der Waals surface area (Å²) < 4.78 is 48.1. The van der Waals surface area contributed by atoms with Crippen LogP contribution in [0.4, 0.5) is 18.9 Å². The largest absolute Gasteiger partial charge is 0.497 e. The number of methoxy groups -OCH3 is 1. The van der Waals surface area contributed by atoms with E-state index in [1.54, 1.807) is 18.1 Å². The maximum Gasteiger partial charge on any atom is 0.418 e. The molecule has 3 heterocycles. The fourth-order valence-electron chi connectivity index (χ4n) is 6.29. The van der Waals surface area contributed by atoms with Crippen molar-refractivity contribution < 1.29 is 22.7 Å². The molecule has 0 spiro atoms. The highest BCUT2D eigenvalue weighted by Crippen LogP contribution is 2.37. The molecule has 1 aromatic heterocycles.